The highest BCUT2D eigenvalue weighted by Gasteiger charge is 2.29. The first-order valence-electron chi connectivity index (χ1n) is 11.5. The summed E-state index contributed by atoms with van der Waals surface area (Å²) in [6, 6.07) is 4.84. The molecule has 10 nitrogen and oxygen atoms in total. The van der Waals surface area contributed by atoms with Crippen LogP contribution in [0.15, 0.2) is 30.5 Å². The van der Waals surface area contributed by atoms with Crippen LogP contribution in [0.4, 0.5) is 14.9 Å². The predicted octanol–water partition coefficient (Wildman–Crippen LogP) is 2.11. The van der Waals surface area contributed by atoms with Crippen LogP contribution in [0.25, 0.3) is 0 Å². The van der Waals surface area contributed by atoms with Crippen molar-refractivity contribution in [3.8, 4) is 0 Å². The molecule has 0 unspecified atom stereocenters. The number of urea groups is 1. The van der Waals surface area contributed by atoms with Gasteiger partial charge in [-0.05, 0) is 37.6 Å². The van der Waals surface area contributed by atoms with Crippen LogP contribution in [0, 0.1) is 11.7 Å². The number of halogens is 1. The number of nitrogens with zero attached hydrogens (tertiary/aromatic N) is 5. The summed E-state index contributed by atoms with van der Waals surface area (Å²) in [6.45, 7) is 5.07. The van der Waals surface area contributed by atoms with Crippen LogP contribution in [0.5, 0.6) is 0 Å². The van der Waals surface area contributed by atoms with Gasteiger partial charge in [0.25, 0.3) is 0 Å². The zero-order valence-electron chi connectivity index (χ0n) is 19.9. The molecule has 1 aliphatic rings. The van der Waals surface area contributed by atoms with E-state index in [1.54, 1.807) is 22.8 Å². The average Bonchev–Trinajstić information content (AvgIpc) is 3.27. The third-order valence-electron chi connectivity index (χ3n) is 6.04. The first kappa shape index (κ1) is 25.6. The summed E-state index contributed by atoms with van der Waals surface area (Å²) in [6.07, 6.45) is 2.17. The number of anilines is 1. The van der Waals surface area contributed by atoms with Gasteiger partial charge in [-0.15, -0.1) is 5.10 Å². The molecule has 3 atom stereocenters. The van der Waals surface area contributed by atoms with E-state index in [2.05, 4.69) is 15.6 Å². The summed E-state index contributed by atoms with van der Waals surface area (Å²) in [5.41, 5.74) is 1.28. The number of fused-ring (bicyclic) bond motifs is 1. The van der Waals surface area contributed by atoms with Crippen LogP contribution in [0.1, 0.15) is 32.4 Å². The standard InChI is InChI=1S/C23H33FN6O4/c1-16-12-29(17(2)14-31)22(32)5-4-10-30-20(11-25-27-30)15-34-21(16)13-28(3)23(33)26-19-8-6-18(24)7-9-19/h6-9,11,16-17,21,31H,4-5,10,12-15H2,1-3H3,(H,26,33)/t16-,17+,21-/m1/s1. The molecule has 1 aromatic carbocycles. The fourth-order valence-corrected chi connectivity index (χ4v) is 3.85. The number of aliphatic hydroxyl groups excluding tert-OH is 1. The molecule has 2 aromatic rings. The Hall–Kier alpha value is -3.05. The SMILES string of the molecule is C[C@@H]1CN([C@@H](C)CO)C(=O)CCCn2nncc2CO[C@@H]1CN(C)C(=O)Nc1ccc(F)cc1. The van der Waals surface area contributed by atoms with Crippen LogP contribution in [0.3, 0.4) is 0 Å². The van der Waals surface area contributed by atoms with Crippen molar-refractivity contribution in [1.29, 1.82) is 0 Å². The Labute approximate surface area is 198 Å². The maximum atomic E-state index is 13.2. The number of aryl methyl sites for hydroxylation is 1. The number of ether oxygens (including phenoxy) is 1. The van der Waals surface area contributed by atoms with E-state index < -0.39 is 6.10 Å². The van der Waals surface area contributed by atoms with Crippen LogP contribution < -0.4 is 5.32 Å². The van der Waals surface area contributed by atoms with Gasteiger partial charge < -0.3 is 25.0 Å². The van der Waals surface area contributed by atoms with E-state index in [1.807, 2.05) is 13.8 Å². The number of likely N-dealkylation sites (N-methyl/N-ethyl adjacent to an activating group) is 1. The maximum absolute atomic E-state index is 13.2. The number of aliphatic hydroxyl groups is 1. The van der Waals surface area contributed by atoms with E-state index in [4.69, 9.17) is 4.74 Å². The predicted molar refractivity (Wildman–Crippen MR) is 123 cm³/mol. The molecule has 2 heterocycles. The summed E-state index contributed by atoms with van der Waals surface area (Å²) < 4.78 is 21.1. The molecule has 0 saturated carbocycles. The lowest BCUT2D eigenvalue weighted by Gasteiger charge is -2.35. The largest absolute Gasteiger partial charge is 0.394 e. The number of amides is 3. The maximum Gasteiger partial charge on any atom is 0.321 e. The highest BCUT2D eigenvalue weighted by atomic mass is 19.1. The molecular formula is C23H33FN6O4. The van der Waals surface area contributed by atoms with Crippen LogP contribution in [-0.4, -0.2) is 80.7 Å². The highest BCUT2D eigenvalue weighted by molar-refractivity contribution is 5.89. The molecule has 2 N–H and O–H groups in total. The second-order valence-electron chi connectivity index (χ2n) is 8.77. The van der Waals surface area contributed by atoms with Crippen LogP contribution in [-0.2, 0) is 22.7 Å². The van der Waals surface area contributed by atoms with E-state index in [-0.39, 0.29) is 49.5 Å². The molecule has 0 saturated heterocycles. The topological polar surface area (TPSA) is 113 Å². The Morgan fingerprint density at radius 1 is 1.38 bits per heavy atom. The number of nitrogens with one attached hydrogen (secondary N) is 1. The monoisotopic (exact) mass is 476 g/mol. The molecule has 0 spiro atoms. The van der Waals surface area contributed by atoms with Crippen molar-refractivity contribution in [2.45, 2.75) is 52.0 Å². The fraction of sp³-hybridized carbons (Fsp3) is 0.565. The normalized spacial score (nSPS) is 20.6. The molecule has 0 aliphatic carbocycles. The van der Waals surface area contributed by atoms with Crippen molar-refractivity contribution in [3.63, 3.8) is 0 Å². The molecule has 186 valence electrons. The summed E-state index contributed by atoms with van der Waals surface area (Å²) in [5, 5.41) is 20.5. The quantitative estimate of drug-likeness (QED) is 0.684. The number of carbonyl (C=O) groups excluding carboxylic acids is 2. The molecule has 3 rings (SSSR count). The van der Waals surface area contributed by atoms with E-state index >= 15 is 0 Å². The average molecular weight is 477 g/mol. The number of hydrogen-bond acceptors (Lipinski definition) is 6. The van der Waals surface area contributed by atoms with Gasteiger partial charge in [0.15, 0.2) is 0 Å². The third kappa shape index (κ3) is 6.73. The minimum Gasteiger partial charge on any atom is -0.394 e. The molecule has 0 bridgehead atoms. The van der Waals surface area contributed by atoms with Crippen molar-refractivity contribution >= 4 is 17.6 Å². The fourth-order valence-electron chi connectivity index (χ4n) is 3.85. The molecule has 0 fully saturated rings. The Morgan fingerprint density at radius 3 is 2.82 bits per heavy atom. The van der Waals surface area contributed by atoms with Gasteiger partial charge in [-0.2, -0.15) is 0 Å². The molecule has 3 amide bonds. The van der Waals surface area contributed by atoms with E-state index in [9.17, 15) is 19.1 Å². The lowest BCUT2D eigenvalue weighted by Crippen LogP contribution is -2.48. The molecule has 1 aromatic heterocycles. The van der Waals surface area contributed by atoms with Crippen LogP contribution in [0.2, 0.25) is 0 Å². The molecule has 34 heavy (non-hydrogen) atoms. The smallest absolute Gasteiger partial charge is 0.321 e. The summed E-state index contributed by atoms with van der Waals surface area (Å²) >= 11 is 0. The van der Waals surface area contributed by atoms with Crippen molar-refractivity contribution in [1.82, 2.24) is 24.8 Å². The summed E-state index contributed by atoms with van der Waals surface area (Å²) in [5.74, 6) is -0.564. The zero-order chi connectivity index (χ0) is 24.7. The summed E-state index contributed by atoms with van der Waals surface area (Å²) in [4.78, 5) is 28.8. The van der Waals surface area contributed by atoms with Crippen molar-refractivity contribution in [2.75, 3.05) is 32.1 Å². The van der Waals surface area contributed by atoms with Gasteiger partial charge in [0.1, 0.15) is 5.82 Å². The van der Waals surface area contributed by atoms with E-state index in [0.29, 0.717) is 31.6 Å². The molecular weight excluding hydrogens is 443 g/mol. The number of benzene rings is 1. The molecule has 11 heteroatoms. The summed E-state index contributed by atoms with van der Waals surface area (Å²) in [7, 11) is 1.65. The highest BCUT2D eigenvalue weighted by Crippen LogP contribution is 2.19. The second kappa shape index (κ2) is 11.9. The Bertz CT molecular complexity index is 953. The van der Waals surface area contributed by atoms with Gasteiger partial charge in [-0.25, -0.2) is 13.9 Å². The van der Waals surface area contributed by atoms with Gasteiger partial charge in [0.05, 0.1) is 37.3 Å². The number of hydrogen-bond donors (Lipinski definition) is 2. The minimum absolute atomic E-state index is 0.0446. The van der Waals surface area contributed by atoms with Crippen molar-refractivity contribution in [3.05, 3.63) is 42.0 Å². The Morgan fingerprint density at radius 2 is 2.12 bits per heavy atom. The first-order chi connectivity index (χ1) is 16.3. The number of rotatable bonds is 5. The minimum atomic E-state index is -0.409. The number of aromatic nitrogens is 3. The zero-order valence-corrected chi connectivity index (χ0v) is 19.9. The van der Waals surface area contributed by atoms with Gasteiger partial charge >= 0.3 is 6.03 Å². The van der Waals surface area contributed by atoms with Gasteiger partial charge in [0.2, 0.25) is 5.91 Å². The van der Waals surface area contributed by atoms with E-state index in [1.165, 1.54) is 29.2 Å². The number of carbonyl (C=O) groups is 2. The van der Waals surface area contributed by atoms with Crippen molar-refractivity contribution in [2.24, 2.45) is 5.92 Å². The van der Waals surface area contributed by atoms with Gasteiger partial charge in [0, 0.05) is 44.7 Å². The second-order valence-corrected chi connectivity index (χ2v) is 8.77. The molecule has 0 radical (unpaired) electrons. The lowest BCUT2D eigenvalue weighted by atomic mass is 10.0. The van der Waals surface area contributed by atoms with Crippen molar-refractivity contribution < 1.29 is 23.8 Å². The molecule has 1 aliphatic heterocycles. The van der Waals surface area contributed by atoms with E-state index in [0.717, 1.165) is 5.69 Å². The Balaban J connectivity index is 1.76. The van der Waals surface area contributed by atoms with Gasteiger partial charge in [-0.1, -0.05) is 12.1 Å². The Kier molecular flexibility index (Phi) is 8.94. The van der Waals surface area contributed by atoms with Gasteiger partial charge in [-0.3, -0.25) is 4.79 Å². The third-order valence-corrected chi connectivity index (χ3v) is 6.04. The lowest BCUT2D eigenvalue weighted by molar-refractivity contribution is -0.136. The first-order valence-corrected chi connectivity index (χ1v) is 11.5. The van der Waals surface area contributed by atoms with Crippen LogP contribution >= 0.6 is 0 Å².